The number of methoxy groups -OCH3 is 1. The van der Waals surface area contributed by atoms with Gasteiger partial charge in [0.2, 0.25) is 0 Å². The first-order valence-electron chi connectivity index (χ1n) is 5.80. The lowest BCUT2D eigenvalue weighted by Gasteiger charge is -2.10. The zero-order chi connectivity index (χ0) is 13.8. The number of hydrogen-bond acceptors (Lipinski definition) is 3. The van der Waals surface area contributed by atoms with Crippen molar-refractivity contribution in [3.63, 3.8) is 0 Å². The molecule has 0 fully saturated rings. The van der Waals surface area contributed by atoms with Crippen LogP contribution in [0.1, 0.15) is 11.3 Å². The Morgan fingerprint density at radius 3 is 2.68 bits per heavy atom. The van der Waals surface area contributed by atoms with Crippen LogP contribution in [0.25, 0.3) is 11.6 Å². The number of carboxylic acids is 1. The summed E-state index contributed by atoms with van der Waals surface area (Å²) in [6.07, 6.45) is 3.37. The van der Waals surface area contributed by atoms with Crippen LogP contribution in [0.5, 0.6) is 5.75 Å². The molecule has 0 aliphatic carbocycles. The molecule has 0 unspecified atom stereocenters. The predicted molar refractivity (Wildman–Crippen MR) is 71.3 cm³/mol. The van der Waals surface area contributed by atoms with Crippen molar-refractivity contribution in [2.24, 2.45) is 7.05 Å². The molecule has 0 N–H and O–H groups in total. The Balaban J connectivity index is 2.47. The molecule has 0 atom stereocenters. The van der Waals surface area contributed by atoms with Gasteiger partial charge < -0.3 is 19.2 Å². The van der Waals surface area contributed by atoms with Gasteiger partial charge in [0.1, 0.15) is 5.75 Å². The summed E-state index contributed by atoms with van der Waals surface area (Å²) in [7, 11) is 3.36. The fourth-order valence-corrected chi connectivity index (χ4v) is 1.88. The van der Waals surface area contributed by atoms with Crippen LogP contribution in [0, 0.1) is 0 Å². The van der Waals surface area contributed by atoms with E-state index in [-0.39, 0.29) is 5.57 Å². The number of nitrogens with zero attached hydrogens (tertiary/aromatic N) is 1. The summed E-state index contributed by atoms with van der Waals surface area (Å²) < 4.78 is 6.85. The van der Waals surface area contributed by atoms with E-state index in [2.05, 4.69) is 0 Å². The van der Waals surface area contributed by atoms with E-state index in [1.54, 1.807) is 55.3 Å². The third kappa shape index (κ3) is 2.85. The highest BCUT2D eigenvalue weighted by atomic mass is 16.5. The van der Waals surface area contributed by atoms with Gasteiger partial charge in [-0.2, -0.15) is 0 Å². The molecule has 1 heterocycles. The largest absolute Gasteiger partial charge is 0.545 e. The smallest absolute Gasteiger partial charge is 0.119 e. The maximum Gasteiger partial charge on any atom is 0.119 e. The summed E-state index contributed by atoms with van der Waals surface area (Å²) in [6.45, 7) is 0. The first kappa shape index (κ1) is 13.0. The molecule has 0 amide bonds. The molecule has 4 nitrogen and oxygen atoms in total. The van der Waals surface area contributed by atoms with Crippen LogP contribution in [0.3, 0.4) is 0 Å². The van der Waals surface area contributed by atoms with Gasteiger partial charge >= 0.3 is 0 Å². The second kappa shape index (κ2) is 5.44. The summed E-state index contributed by atoms with van der Waals surface area (Å²) in [5, 5.41) is 11.3. The number of carbonyl (C=O) groups is 1. The number of ether oxygens (including phenoxy) is 1. The Labute approximate surface area is 111 Å². The van der Waals surface area contributed by atoms with Gasteiger partial charge in [0.25, 0.3) is 0 Å². The van der Waals surface area contributed by atoms with Crippen LogP contribution in [-0.4, -0.2) is 17.6 Å². The molecule has 98 valence electrons. The zero-order valence-corrected chi connectivity index (χ0v) is 10.8. The summed E-state index contributed by atoms with van der Waals surface area (Å²) in [5.41, 5.74) is 1.49. The minimum Gasteiger partial charge on any atom is -0.545 e. The normalized spacial score (nSPS) is 11.4. The molecular formula is C15H14NO3-. The molecule has 0 bridgehead atoms. The Morgan fingerprint density at radius 1 is 1.32 bits per heavy atom. The van der Waals surface area contributed by atoms with E-state index in [1.165, 1.54) is 0 Å². The van der Waals surface area contributed by atoms with Gasteiger partial charge in [0, 0.05) is 24.5 Å². The Kier molecular flexibility index (Phi) is 3.71. The molecule has 0 radical (unpaired) electrons. The van der Waals surface area contributed by atoms with Crippen molar-refractivity contribution in [2.75, 3.05) is 7.11 Å². The van der Waals surface area contributed by atoms with Crippen LogP contribution in [0.4, 0.5) is 0 Å². The van der Waals surface area contributed by atoms with E-state index in [1.807, 2.05) is 12.1 Å². The lowest BCUT2D eigenvalue weighted by atomic mass is 10.1. The highest BCUT2D eigenvalue weighted by Crippen LogP contribution is 2.20. The van der Waals surface area contributed by atoms with E-state index in [0.717, 1.165) is 5.56 Å². The van der Waals surface area contributed by atoms with Gasteiger partial charge in [-0.1, -0.05) is 12.1 Å². The number of rotatable bonds is 4. The number of carbonyl (C=O) groups excluding carboxylic acids is 1. The average Bonchev–Trinajstić information content (AvgIpc) is 2.82. The molecule has 0 saturated heterocycles. The highest BCUT2D eigenvalue weighted by Gasteiger charge is 2.06. The van der Waals surface area contributed by atoms with Gasteiger partial charge in [-0.3, -0.25) is 0 Å². The van der Waals surface area contributed by atoms with Gasteiger partial charge in [0.05, 0.1) is 13.1 Å². The van der Waals surface area contributed by atoms with Crippen molar-refractivity contribution in [1.29, 1.82) is 0 Å². The van der Waals surface area contributed by atoms with E-state index in [4.69, 9.17) is 4.74 Å². The van der Waals surface area contributed by atoms with Crippen LogP contribution < -0.4 is 9.84 Å². The molecule has 0 saturated carbocycles. The number of benzene rings is 1. The molecule has 0 aliphatic heterocycles. The van der Waals surface area contributed by atoms with Crippen LogP contribution in [-0.2, 0) is 11.8 Å². The van der Waals surface area contributed by atoms with Crippen molar-refractivity contribution in [3.05, 3.63) is 53.9 Å². The predicted octanol–water partition coefficient (Wildman–Crippen LogP) is 1.32. The molecule has 4 heteroatoms. The van der Waals surface area contributed by atoms with Crippen molar-refractivity contribution in [1.82, 2.24) is 4.57 Å². The maximum absolute atomic E-state index is 11.3. The maximum atomic E-state index is 11.3. The molecule has 2 aromatic rings. The topological polar surface area (TPSA) is 54.3 Å². The monoisotopic (exact) mass is 256 g/mol. The third-order valence-electron chi connectivity index (χ3n) is 2.84. The van der Waals surface area contributed by atoms with E-state index >= 15 is 0 Å². The Bertz CT molecular complexity index is 626. The quantitative estimate of drug-likeness (QED) is 0.775. The van der Waals surface area contributed by atoms with Crippen molar-refractivity contribution in [2.45, 2.75) is 0 Å². The SMILES string of the molecule is COc1cccc(/C=C(/C(=O)[O-])c2cccn2C)c1. The van der Waals surface area contributed by atoms with E-state index in [9.17, 15) is 9.90 Å². The van der Waals surface area contributed by atoms with Gasteiger partial charge in [-0.05, 0) is 35.9 Å². The second-order valence-corrected chi connectivity index (χ2v) is 4.13. The summed E-state index contributed by atoms with van der Waals surface area (Å²) >= 11 is 0. The van der Waals surface area contributed by atoms with Crippen LogP contribution in [0.2, 0.25) is 0 Å². The highest BCUT2D eigenvalue weighted by molar-refractivity contribution is 6.19. The van der Waals surface area contributed by atoms with Crippen molar-refractivity contribution < 1.29 is 14.6 Å². The number of aromatic nitrogens is 1. The first-order chi connectivity index (χ1) is 9.11. The molecule has 19 heavy (non-hydrogen) atoms. The summed E-state index contributed by atoms with van der Waals surface area (Å²) in [4.78, 5) is 11.3. The molecule has 1 aromatic carbocycles. The first-order valence-corrected chi connectivity index (χ1v) is 5.80. The van der Waals surface area contributed by atoms with E-state index in [0.29, 0.717) is 11.4 Å². The number of aliphatic carboxylic acids is 1. The van der Waals surface area contributed by atoms with Crippen LogP contribution >= 0.6 is 0 Å². The van der Waals surface area contributed by atoms with Crippen molar-refractivity contribution in [3.8, 4) is 5.75 Å². The Hall–Kier alpha value is -2.49. The minimum atomic E-state index is -1.20. The number of aryl methyl sites for hydroxylation is 1. The minimum absolute atomic E-state index is 0.140. The van der Waals surface area contributed by atoms with E-state index < -0.39 is 5.97 Å². The third-order valence-corrected chi connectivity index (χ3v) is 2.84. The van der Waals surface area contributed by atoms with Crippen LogP contribution in [0.15, 0.2) is 42.6 Å². The molecule has 1 aromatic heterocycles. The van der Waals surface area contributed by atoms with Crippen molar-refractivity contribution >= 4 is 17.6 Å². The summed E-state index contributed by atoms with van der Waals surface area (Å²) in [5.74, 6) is -0.525. The van der Waals surface area contributed by atoms with Gasteiger partial charge in [-0.15, -0.1) is 0 Å². The fraction of sp³-hybridized carbons (Fsp3) is 0.133. The standard InChI is InChI=1S/C15H15NO3/c1-16-8-4-7-14(16)13(15(17)18)10-11-5-3-6-12(9-11)19-2/h3-10H,1-2H3,(H,17,18)/p-1/b13-10+. The lowest BCUT2D eigenvalue weighted by molar-refractivity contribution is -0.295. The second-order valence-electron chi connectivity index (χ2n) is 4.13. The molecule has 0 aliphatic rings. The number of carboxylic acid groups (broad SMARTS) is 1. The number of hydrogen-bond donors (Lipinski definition) is 0. The molecule has 2 rings (SSSR count). The average molecular weight is 256 g/mol. The fourth-order valence-electron chi connectivity index (χ4n) is 1.88. The van der Waals surface area contributed by atoms with Gasteiger partial charge in [-0.25, -0.2) is 0 Å². The molecule has 0 spiro atoms. The lowest BCUT2D eigenvalue weighted by Crippen LogP contribution is -2.24. The Morgan fingerprint density at radius 2 is 2.11 bits per heavy atom. The zero-order valence-electron chi connectivity index (χ0n) is 10.8. The summed E-state index contributed by atoms with van der Waals surface area (Å²) in [6, 6.07) is 10.7. The van der Waals surface area contributed by atoms with Gasteiger partial charge in [0.15, 0.2) is 0 Å². The molecular weight excluding hydrogens is 242 g/mol.